The molecule has 1 rings (SSSR count). The molecule has 2 amide bonds. The van der Waals surface area contributed by atoms with Crippen LogP contribution in [0.25, 0.3) is 0 Å². The van der Waals surface area contributed by atoms with Crippen LogP contribution < -0.4 is 10.6 Å². The van der Waals surface area contributed by atoms with Crippen LogP contribution in [-0.4, -0.2) is 55.4 Å². The van der Waals surface area contributed by atoms with Crippen molar-refractivity contribution < 1.29 is 9.90 Å². The summed E-state index contributed by atoms with van der Waals surface area (Å²) in [5.74, 6) is 0. The number of aliphatic hydroxyl groups is 1. The number of urea groups is 1. The maximum atomic E-state index is 11.3. The lowest BCUT2D eigenvalue weighted by Crippen LogP contribution is -2.44. The Labute approximate surface area is 104 Å². The summed E-state index contributed by atoms with van der Waals surface area (Å²) in [7, 11) is 3.44. The molecule has 1 saturated carbocycles. The second-order valence-electron chi connectivity index (χ2n) is 4.89. The molecular weight excluding hydrogens is 218 g/mol. The van der Waals surface area contributed by atoms with E-state index >= 15 is 0 Å². The van der Waals surface area contributed by atoms with Crippen molar-refractivity contribution in [3.8, 4) is 0 Å². The Balaban J connectivity index is 2.14. The number of rotatable bonds is 4. The van der Waals surface area contributed by atoms with Gasteiger partial charge >= 0.3 is 6.03 Å². The van der Waals surface area contributed by atoms with E-state index in [1.807, 2.05) is 0 Å². The molecule has 1 aliphatic carbocycles. The molecule has 0 aromatic carbocycles. The van der Waals surface area contributed by atoms with E-state index in [1.165, 1.54) is 17.7 Å². The van der Waals surface area contributed by atoms with Crippen LogP contribution in [0.5, 0.6) is 0 Å². The van der Waals surface area contributed by atoms with Crippen LogP contribution in [0.2, 0.25) is 0 Å². The first-order valence-corrected chi connectivity index (χ1v) is 6.48. The summed E-state index contributed by atoms with van der Waals surface area (Å²) in [6, 6.07) is 0.113. The maximum absolute atomic E-state index is 11.3. The van der Waals surface area contributed by atoms with Crippen molar-refractivity contribution in [2.45, 2.75) is 44.2 Å². The van der Waals surface area contributed by atoms with Gasteiger partial charge in [-0.05, 0) is 12.8 Å². The third-order valence-electron chi connectivity index (χ3n) is 3.19. The lowest BCUT2D eigenvalue weighted by molar-refractivity contribution is 0.120. The van der Waals surface area contributed by atoms with Gasteiger partial charge in [0.2, 0.25) is 0 Å². The predicted molar refractivity (Wildman–Crippen MR) is 68.0 cm³/mol. The van der Waals surface area contributed by atoms with Crippen LogP contribution in [0.4, 0.5) is 4.79 Å². The Morgan fingerprint density at radius 1 is 1.24 bits per heavy atom. The van der Waals surface area contributed by atoms with Gasteiger partial charge in [0.15, 0.2) is 0 Å². The van der Waals surface area contributed by atoms with Gasteiger partial charge in [0.1, 0.15) is 0 Å². The number of nitrogens with one attached hydrogen (secondary N) is 2. The predicted octanol–water partition coefficient (Wildman–Crippen LogP) is 0.541. The molecule has 0 aliphatic heterocycles. The summed E-state index contributed by atoms with van der Waals surface area (Å²) >= 11 is 0. The van der Waals surface area contributed by atoms with E-state index in [0.717, 1.165) is 19.3 Å². The van der Waals surface area contributed by atoms with Crippen LogP contribution in [0.3, 0.4) is 0 Å². The van der Waals surface area contributed by atoms with E-state index in [1.54, 1.807) is 14.1 Å². The van der Waals surface area contributed by atoms with Crippen molar-refractivity contribution in [3.05, 3.63) is 0 Å². The summed E-state index contributed by atoms with van der Waals surface area (Å²) < 4.78 is 0. The van der Waals surface area contributed by atoms with E-state index in [9.17, 15) is 9.90 Å². The molecule has 5 heteroatoms. The SMILES string of the molecule is CN(C)C(=O)NCCNC1CCCCCC1O. The highest BCUT2D eigenvalue weighted by Crippen LogP contribution is 2.17. The fraction of sp³-hybridized carbons (Fsp3) is 0.917. The molecule has 3 N–H and O–H groups in total. The molecule has 1 aliphatic rings. The van der Waals surface area contributed by atoms with Crippen molar-refractivity contribution in [1.29, 1.82) is 0 Å². The first kappa shape index (κ1) is 14.3. The molecule has 0 spiro atoms. The minimum absolute atomic E-state index is 0.0757. The zero-order chi connectivity index (χ0) is 12.7. The number of nitrogens with zero attached hydrogens (tertiary/aromatic N) is 1. The first-order valence-electron chi connectivity index (χ1n) is 6.48. The average molecular weight is 243 g/mol. The topological polar surface area (TPSA) is 64.6 Å². The van der Waals surface area contributed by atoms with Gasteiger partial charge in [-0.1, -0.05) is 19.3 Å². The molecule has 5 nitrogen and oxygen atoms in total. The van der Waals surface area contributed by atoms with E-state index in [4.69, 9.17) is 0 Å². The van der Waals surface area contributed by atoms with E-state index in [2.05, 4.69) is 10.6 Å². The second kappa shape index (κ2) is 7.50. The molecule has 0 radical (unpaired) electrons. The highest BCUT2D eigenvalue weighted by molar-refractivity contribution is 5.73. The Kier molecular flexibility index (Phi) is 6.29. The van der Waals surface area contributed by atoms with Gasteiger partial charge in [0.05, 0.1) is 6.10 Å². The Hall–Kier alpha value is -0.810. The van der Waals surface area contributed by atoms with Gasteiger partial charge in [-0.25, -0.2) is 4.79 Å². The van der Waals surface area contributed by atoms with E-state index in [0.29, 0.717) is 13.1 Å². The van der Waals surface area contributed by atoms with Gasteiger partial charge < -0.3 is 20.6 Å². The lowest BCUT2D eigenvalue weighted by Gasteiger charge is -2.22. The largest absolute Gasteiger partial charge is 0.392 e. The van der Waals surface area contributed by atoms with Crippen molar-refractivity contribution in [2.75, 3.05) is 27.2 Å². The second-order valence-corrected chi connectivity index (χ2v) is 4.89. The normalized spacial score (nSPS) is 25.1. The number of amides is 2. The summed E-state index contributed by atoms with van der Waals surface area (Å²) in [5.41, 5.74) is 0. The molecule has 100 valence electrons. The molecule has 2 atom stereocenters. The van der Waals surface area contributed by atoms with Crippen molar-refractivity contribution in [2.24, 2.45) is 0 Å². The van der Waals surface area contributed by atoms with Crippen molar-refractivity contribution >= 4 is 6.03 Å². The smallest absolute Gasteiger partial charge is 0.316 e. The Morgan fingerprint density at radius 3 is 2.65 bits per heavy atom. The van der Waals surface area contributed by atoms with Crippen LogP contribution in [-0.2, 0) is 0 Å². The molecular formula is C12H25N3O2. The number of hydrogen-bond donors (Lipinski definition) is 3. The summed E-state index contributed by atoms with van der Waals surface area (Å²) in [5, 5.41) is 16.0. The molecule has 0 aromatic heterocycles. The summed E-state index contributed by atoms with van der Waals surface area (Å²) in [6.45, 7) is 1.31. The standard InChI is InChI=1S/C12H25N3O2/c1-15(2)12(17)14-9-8-13-10-6-4-3-5-7-11(10)16/h10-11,13,16H,3-9H2,1-2H3,(H,14,17). The molecule has 0 heterocycles. The third-order valence-corrected chi connectivity index (χ3v) is 3.19. The lowest BCUT2D eigenvalue weighted by atomic mass is 10.1. The number of carbonyl (C=O) groups excluding carboxylic acids is 1. The van der Waals surface area contributed by atoms with Gasteiger partial charge in [-0.2, -0.15) is 0 Å². The Morgan fingerprint density at radius 2 is 1.94 bits per heavy atom. The third kappa shape index (κ3) is 5.37. The van der Waals surface area contributed by atoms with E-state index < -0.39 is 0 Å². The number of aliphatic hydroxyl groups excluding tert-OH is 1. The van der Waals surface area contributed by atoms with Gasteiger partial charge in [-0.3, -0.25) is 0 Å². The number of hydrogen-bond acceptors (Lipinski definition) is 3. The fourth-order valence-electron chi connectivity index (χ4n) is 2.11. The van der Waals surface area contributed by atoms with Crippen LogP contribution in [0, 0.1) is 0 Å². The highest BCUT2D eigenvalue weighted by atomic mass is 16.3. The molecule has 0 saturated heterocycles. The molecule has 0 bridgehead atoms. The molecule has 17 heavy (non-hydrogen) atoms. The van der Waals surface area contributed by atoms with E-state index in [-0.39, 0.29) is 18.2 Å². The van der Waals surface area contributed by atoms with Crippen LogP contribution in [0.15, 0.2) is 0 Å². The molecule has 1 fully saturated rings. The number of carbonyl (C=O) groups is 1. The van der Waals surface area contributed by atoms with Crippen LogP contribution >= 0.6 is 0 Å². The molecule has 0 aromatic rings. The molecule has 2 unspecified atom stereocenters. The Bertz CT molecular complexity index is 234. The zero-order valence-electron chi connectivity index (χ0n) is 10.9. The summed E-state index contributed by atoms with van der Waals surface area (Å²) in [4.78, 5) is 12.8. The van der Waals surface area contributed by atoms with Gasteiger partial charge in [0.25, 0.3) is 0 Å². The highest BCUT2D eigenvalue weighted by Gasteiger charge is 2.20. The minimum atomic E-state index is -0.234. The quantitative estimate of drug-likeness (QED) is 0.499. The average Bonchev–Trinajstić information content (AvgIpc) is 2.49. The van der Waals surface area contributed by atoms with Gasteiger partial charge in [-0.15, -0.1) is 0 Å². The fourth-order valence-corrected chi connectivity index (χ4v) is 2.11. The zero-order valence-corrected chi connectivity index (χ0v) is 10.9. The maximum Gasteiger partial charge on any atom is 0.316 e. The monoisotopic (exact) mass is 243 g/mol. The first-order chi connectivity index (χ1) is 8.11. The van der Waals surface area contributed by atoms with Crippen molar-refractivity contribution in [3.63, 3.8) is 0 Å². The van der Waals surface area contributed by atoms with Crippen molar-refractivity contribution in [1.82, 2.24) is 15.5 Å². The van der Waals surface area contributed by atoms with Gasteiger partial charge in [0, 0.05) is 33.2 Å². The van der Waals surface area contributed by atoms with Crippen LogP contribution in [0.1, 0.15) is 32.1 Å². The summed E-state index contributed by atoms with van der Waals surface area (Å²) in [6.07, 6.45) is 5.20. The minimum Gasteiger partial charge on any atom is -0.392 e.